The van der Waals surface area contributed by atoms with Crippen LogP contribution in [0.1, 0.15) is 12.8 Å². The van der Waals surface area contributed by atoms with Gasteiger partial charge in [0.2, 0.25) is 0 Å². The predicted molar refractivity (Wildman–Crippen MR) is 53.9 cm³/mol. The summed E-state index contributed by atoms with van der Waals surface area (Å²) < 4.78 is 0. The van der Waals surface area contributed by atoms with Crippen molar-refractivity contribution in [1.82, 2.24) is 4.98 Å². The van der Waals surface area contributed by atoms with Crippen molar-refractivity contribution in [3.05, 3.63) is 18.3 Å². The van der Waals surface area contributed by atoms with Crippen LogP contribution in [-0.4, -0.2) is 25.9 Å². The SMILES string of the molecule is Bc1ccc(N2CCCC2)nc1. The van der Waals surface area contributed by atoms with E-state index >= 15 is 0 Å². The largest absolute Gasteiger partial charge is 0.357 e. The van der Waals surface area contributed by atoms with Crippen molar-refractivity contribution in [2.45, 2.75) is 12.8 Å². The lowest BCUT2D eigenvalue weighted by atomic mass is 9.99. The first-order chi connectivity index (χ1) is 5.86. The van der Waals surface area contributed by atoms with Gasteiger partial charge in [-0.2, -0.15) is 0 Å². The van der Waals surface area contributed by atoms with E-state index < -0.39 is 0 Å². The predicted octanol–water partition coefficient (Wildman–Crippen LogP) is -0.0598. The van der Waals surface area contributed by atoms with Crippen LogP contribution in [0.25, 0.3) is 0 Å². The van der Waals surface area contributed by atoms with Crippen LogP contribution in [0.5, 0.6) is 0 Å². The van der Waals surface area contributed by atoms with E-state index in [0.29, 0.717) is 0 Å². The second kappa shape index (κ2) is 3.17. The van der Waals surface area contributed by atoms with Gasteiger partial charge in [-0.15, -0.1) is 0 Å². The molecule has 3 heteroatoms. The molecule has 0 spiro atoms. The Morgan fingerprint density at radius 2 is 2.00 bits per heavy atom. The van der Waals surface area contributed by atoms with Gasteiger partial charge in [0.1, 0.15) is 13.7 Å². The van der Waals surface area contributed by atoms with Crippen LogP contribution < -0.4 is 10.4 Å². The van der Waals surface area contributed by atoms with Gasteiger partial charge in [0.15, 0.2) is 0 Å². The van der Waals surface area contributed by atoms with Crippen LogP contribution in [0.4, 0.5) is 5.82 Å². The van der Waals surface area contributed by atoms with Crippen molar-refractivity contribution < 1.29 is 0 Å². The first-order valence-corrected chi connectivity index (χ1v) is 4.54. The average molecular weight is 160 g/mol. The molecule has 1 aromatic heterocycles. The summed E-state index contributed by atoms with van der Waals surface area (Å²) in [4.78, 5) is 6.73. The minimum absolute atomic E-state index is 1.14. The molecule has 12 heavy (non-hydrogen) atoms. The molecule has 0 bridgehead atoms. The smallest absolute Gasteiger partial charge is 0.141 e. The van der Waals surface area contributed by atoms with Crippen LogP contribution in [0.2, 0.25) is 0 Å². The Balaban J connectivity index is 2.17. The number of rotatable bonds is 1. The van der Waals surface area contributed by atoms with Crippen LogP contribution >= 0.6 is 0 Å². The highest BCUT2D eigenvalue weighted by Gasteiger charge is 2.12. The van der Waals surface area contributed by atoms with Crippen LogP contribution in [-0.2, 0) is 0 Å². The third-order valence-electron chi connectivity index (χ3n) is 2.33. The Morgan fingerprint density at radius 1 is 1.25 bits per heavy atom. The summed E-state index contributed by atoms with van der Waals surface area (Å²) in [6.45, 7) is 2.35. The van der Waals surface area contributed by atoms with Gasteiger partial charge in [0, 0.05) is 19.3 Å². The van der Waals surface area contributed by atoms with Crippen molar-refractivity contribution in [1.29, 1.82) is 0 Å². The molecule has 0 N–H and O–H groups in total. The number of pyridine rings is 1. The molecule has 0 aromatic carbocycles. The zero-order chi connectivity index (χ0) is 8.39. The highest BCUT2D eigenvalue weighted by Crippen LogP contribution is 2.15. The first kappa shape index (κ1) is 7.65. The summed E-state index contributed by atoms with van der Waals surface area (Å²) in [5, 5.41) is 0. The fourth-order valence-electron chi connectivity index (χ4n) is 1.59. The monoisotopic (exact) mass is 160 g/mol. The Bertz CT molecular complexity index is 252. The second-order valence-corrected chi connectivity index (χ2v) is 3.39. The molecular weight excluding hydrogens is 147 g/mol. The van der Waals surface area contributed by atoms with Gasteiger partial charge in [-0.3, -0.25) is 0 Å². The first-order valence-electron chi connectivity index (χ1n) is 4.54. The second-order valence-electron chi connectivity index (χ2n) is 3.39. The van der Waals surface area contributed by atoms with Gasteiger partial charge in [0.25, 0.3) is 0 Å². The zero-order valence-corrected chi connectivity index (χ0v) is 7.45. The Kier molecular flexibility index (Phi) is 2.02. The number of nitrogens with zero attached hydrogens (tertiary/aromatic N) is 2. The summed E-state index contributed by atoms with van der Waals surface area (Å²) in [5.41, 5.74) is 1.23. The van der Waals surface area contributed by atoms with Gasteiger partial charge in [-0.05, 0) is 18.9 Å². The van der Waals surface area contributed by atoms with E-state index in [4.69, 9.17) is 0 Å². The molecule has 1 saturated heterocycles. The molecule has 1 aliphatic heterocycles. The number of anilines is 1. The van der Waals surface area contributed by atoms with Gasteiger partial charge < -0.3 is 4.90 Å². The topological polar surface area (TPSA) is 16.1 Å². The lowest BCUT2D eigenvalue weighted by molar-refractivity contribution is 0.939. The molecule has 0 unspecified atom stereocenters. The summed E-state index contributed by atoms with van der Waals surface area (Å²) in [5.74, 6) is 1.14. The van der Waals surface area contributed by atoms with E-state index in [9.17, 15) is 0 Å². The highest BCUT2D eigenvalue weighted by molar-refractivity contribution is 6.32. The molecule has 2 rings (SSSR count). The highest BCUT2D eigenvalue weighted by atomic mass is 15.2. The Labute approximate surface area is 74.0 Å². The maximum atomic E-state index is 4.39. The zero-order valence-electron chi connectivity index (χ0n) is 7.45. The van der Waals surface area contributed by atoms with Gasteiger partial charge in [-0.25, -0.2) is 4.98 Å². The average Bonchev–Trinajstić information content (AvgIpc) is 2.58. The van der Waals surface area contributed by atoms with Crippen molar-refractivity contribution in [2.24, 2.45) is 0 Å². The summed E-state index contributed by atoms with van der Waals surface area (Å²) in [6.07, 6.45) is 4.57. The quantitative estimate of drug-likeness (QED) is 0.535. The molecule has 0 radical (unpaired) electrons. The third-order valence-corrected chi connectivity index (χ3v) is 2.33. The van der Waals surface area contributed by atoms with Crippen molar-refractivity contribution >= 4 is 19.1 Å². The van der Waals surface area contributed by atoms with E-state index in [1.165, 1.54) is 31.4 Å². The van der Waals surface area contributed by atoms with E-state index in [-0.39, 0.29) is 0 Å². The minimum Gasteiger partial charge on any atom is -0.357 e. The molecular formula is C9H13BN2. The molecule has 0 amide bonds. The molecule has 0 saturated carbocycles. The fraction of sp³-hybridized carbons (Fsp3) is 0.444. The molecule has 0 atom stereocenters. The van der Waals surface area contributed by atoms with Crippen molar-refractivity contribution in [3.63, 3.8) is 0 Å². The van der Waals surface area contributed by atoms with E-state index in [1.54, 1.807) is 0 Å². The van der Waals surface area contributed by atoms with Crippen molar-refractivity contribution in [2.75, 3.05) is 18.0 Å². The molecule has 2 nitrogen and oxygen atoms in total. The lowest BCUT2D eigenvalue weighted by Gasteiger charge is -2.15. The summed E-state index contributed by atoms with van der Waals surface area (Å²) >= 11 is 0. The number of aromatic nitrogens is 1. The molecule has 0 aliphatic carbocycles. The number of hydrogen-bond donors (Lipinski definition) is 0. The normalized spacial score (nSPS) is 16.8. The van der Waals surface area contributed by atoms with Crippen LogP contribution in [0.15, 0.2) is 18.3 Å². The Hall–Kier alpha value is -0.985. The maximum absolute atomic E-state index is 4.39. The molecule has 1 fully saturated rings. The van der Waals surface area contributed by atoms with Gasteiger partial charge in [0.05, 0.1) is 0 Å². The van der Waals surface area contributed by atoms with E-state index in [2.05, 4.69) is 29.9 Å². The molecule has 1 aliphatic rings. The number of hydrogen-bond acceptors (Lipinski definition) is 2. The third kappa shape index (κ3) is 1.45. The molecule has 1 aromatic rings. The molecule has 2 heterocycles. The van der Waals surface area contributed by atoms with E-state index in [1.807, 2.05) is 6.20 Å². The van der Waals surface area contributed by atoms with E-state index in [0.717, 1.165) is 5.82 Å². The fourth-order valence-corrected chi connectivity index (χ4v) is 1.59. The van der Waals surface area contributed by atoms with Gasteiger partial charge >= 0.3 is 0 Å². The van der Waals surface area contributed by atoms with Crippen LogP contribution in [0, 0.1) is 0 Å². The lowest BCUT2D eigenvalue weighted by Crippen LogP contribution is -2.19. The maximum Gasteiger partial charge on any atom is 0.141 e. The summed E-state index contributed by atoms with van der Waals surface area (Å²) in [7, 11) is 2.07. The summed E-state index contributed by atoms with van der Waals surface area (Å²) in [6, 6.07) is 4.24. The Morgan fingerprint density at radius 3 is 2.58 bits per heavy atom. The minimum atomic E-state index is 1.14. The van der Waals surface area contributed by atoms with Crippen LogP contribution in [0.3, 0.4) is 0 Å². The van der Waals surface area contributed by atoms with Gasteiger partial charge in [-0.1, -0.05) is 11.5 Å². The van der Waals surface area contributed by atoms with Crippen molar-refractivity contribution in [3.8, 4) is 0 Å². The standard InChI is InChI=1S/C9H13BN2/c10-8-3-4-9(11-7-8)12-5-1-2-6-12/h3-4,7H,1-2,5-6,10H2. The molecule has 62 valence electrons.